The number of nitrogens with zero attached hydrogens (tertiary/aromatic N) is 1. The Balaban J connectivity index is 1.73. The molecule has 3 nitrogen and oxygen atoms in total. The van der Waals surface area contributed by atoms with Gasteiger partial charge >= 0.3 is 0 Å². The summed E-state index contributed by atoms with van der Waals surface area (Å²) in [5.74, 6) is -0.843. The second kappa shape index (κ2) is 5.34. The first-order valence-electron chi connectivity index (χ1n) is 7.85. The van der Waals surface area contributed by atoms with E-state index in [-0.39, 0.29) is 29.2 Å². The normalized spacial score (nSPS) is 26.8. The van der Waals surface area contributed by atoms with Crippen molar-refractivity contribution in [1.82, 2.24) is 4.98 Å². The van der Waals surface area contributed by atoms with E-state index >= 15 is 0 Å². The van der Waals surface area contributed by atoms with Crippen LogP contribution < -0.4 is 0 Å². The number of Topliss-reactive ketones (excluding diaryl/α,β-unsaturated/α-hetero) is 2. The number of aromatic nitrogens is 1. The van der Waals surface area contributed by atoms with Crippen LogP contribution >= 0.6 is 11.3 Å². The molecule has 1 aromatic carbocycles. The van der Waals surface area contributed by atoms with Gasteiger partial charge in [0.05, 0.1) is 5.69 Å². The molecule has 5 heteroatoms. The Bertz CT molecular complexity index is 774. The Kier molecular flexibility index (Phi) is 3.41. The van der Waals surface area contributed by atoms with E-state index in [0.29, 0.717) is 5.69 Å². The van der Waals surface area contributed by atoms with E-state index in [1.807, 2.05) is 6.92 Å². The second-order valence-corrected chi connectivity index (χ2v) is 7.62. The van der Waals surface area contributed by atoms with Gasteiger partial charge in [0.15, 0.2) is 11.6 Å². The maximum absolute atomic E-state index is 13.1. The minimum atomic E-state index is -0.688. The number of rotatable bonds is 2. The summed E-state index contributed by atoms with van der Waals surface area (Å²) in [4.78, 5) is 30.7. The van der Waals surface area contributed by atoms with Gasteiger partial charge in [0.1, 0.15) is 16.7 Å². The van der Waals surface area contributed by atoms with Gasteiger partial charge in [0, 0.05) is 22.3 Å². The third-order valence-corrected chi connectivity index (χ3v) is 6.04. The number of carbonyl (C=O) groups is 2. The lowest BCUT2D eigenvalue weighted by Gasteiger charge is -2.24. The number of thiazole rings is 1. The molecule has 0 spiro atoms. The van der Waals surface area contributed by atoms with Crippen molar-refractivity contribution in [2.75, 3.05) is 0 Å². The summed E-state index contributed by atoms with van der Waals surface area (Å²) < 4.78 is 13.1. The minimum absolute atomic E-state index is 0.0260. The highest BCUT2D eigenvalue weighted by molar-refractivity contribution is 7.15. The lowest BCUT2D eigenvalue weighted by atomic mass is 9.77. The van der Waals surface area contributed by atoms with Crippen molar-refractivity contribution < 1.29 is 14.0 Å². The van der Waals surface area contributed by atoms with Gasteiger partial charge < -0.3 is 0 Å². The smallest absolute Gasteiger partial charge is 0.152 e. The van der Waals surface area contributed by atoms with Gasteiger partial charge in [-0.2, -0.15) is 0 Å². The first-order chi connectivity index (χ1) is 11.0. The maximum atomic E-state index is 13.1. The molecule has 2 aliphatic carbocycles. The number of ketones is 2. The summed E-state index contributed by atoms with van der Waals surface area (Å²) in [6.07, 6.45) is 2.39. The van der Waals surface area contributed by atoms with Gasteiger partial charge in [-0.3, -0.25) is 9.59 Å². The Morgan fingerprint density at radius 1 is 1.09 bits per heavy atom. The summed E-state index contributed by atoms with van der Waals surface area (Å²) >= 11 is 1.46. The fourth-order valence-electron chi connectivity index (χ4n) is 3.77. The molecule has 2 saturated carbocycles. The van der Waals surface area contributed by atoms with Gasteiger partial charge in [-0.25, -0.2) is 9.37 Å². The van der Waals surface area contributed by atoms with Crippen LogP contribution in [0.15, 0.2) is 24.3 Å². The lowest BCUT2D eigenvalue weighted by molar-refractivity contribution is -0.136. The molecule has 0 N–H and O–H groups in total. The van der Waals surface area contributed by atoms with Crippen molar-refractivity contribution in [1.29, 1.82) is 0 Å². The maximum Gasteiger partial charge on any atom is 0.152 e. The summed E-state index contributed by atoms with van der Waals surface area (Å²) in [5, 5.41) is 0.732. The molecule has 0 radical (unpaired) electrons. The predicted octanol–water partition coefficient (Wildman–Crippen LogP) is 3.91. The molecule has 4 rings (SSSR count). The SMILES string of the molecule is Cc1sc(-c2ccc(F)cc2)nc1C1C(=O)[C@@H]2CC[C@@H](C2)C1=O. The average molecular weight is 329 g/mol. The molecular formula is C18H16FNO2S. The van der Waals surface area contributed by atoms with E-state index in [1.54, 1.807) is 12.1 Å². The summed E-state index contributed by atoms with van der Waals surface area (Å²) in [5.41, 5.74) is 1.42. The second-order valence-electron chi connectivity index (χ2n) is 6.41. The van der Waals surface area contributed by atoms with E-state index < -0.39 is 5.92 Å². The fourth-order valence-corrected chi connectivity index (χ4v) is 4.73. The van der Waals surface area contributed by atoms with E-state index in [4.69, 9.17) is 0 Å². The summed E-state index contributed by atoms with van der Waals surface area (Å²) in [7, 11) is 0. The molecular weight excluding hydrogens is 313 g/mol. The predicted molar refractivity (Wildman–Crippen MR) is 85.8 cm³/mol. The van der Waals surface area contributed by atoms with Gasteiger partial charge in [0.2, 0.25) is 0 Å². The van der Waals surface area contributed by atoms with Gasteiger partial charge in [0.25, 0.3) is 0 Å². The van der Waals surface area contributed by atoms with Gasteiger partial charge in [-0.05, 0) is 50.5 Å². The van der Waals surface area contributed by atoms with E-state index in [9.17, 15) is 14.0 Å². The van der Waals surface area contributed by atoms with Gasteiger partial charge in [-0.1, -0.05) is 0 Å². The molecule has 2 fully saturated rings. The first kappa shape index (κ1) is 14.7. The molecule has 118 valence electrons. The lowest BCUT2D eigenvalue weighted by Crippen LogP contribution is -2.35. The van der Waals surface area contributed by atoms with Crippen molar-refractivity contribution in [2.45, 2.75) is 32.1 Å². The largest absolute Gasteiger partial charge is 0.298 e. The number of fused-ring (bicyclic) bond motifs is 2. The van der Waals surface area contributed by atoms with Crippen LogP contribution in [0.1, 0.15) is 35.8 Å². The molecule has 2 bridgehead atoms. The average Bonchev–Trinajstić information content (AvgIpc) is 3.13. The molecule has 0 aliphatic heterocycles. The van der Waals surface area contributed by atoms with Crippen LogP contribution in [0.4, 0.5) is 4.39 Å². The summed E-state index contributed by atoms with van der Waals surface area (Å²) in [6, 6.07) is 6.13. The highest BCUT2D eigenvalue weighted by atomic mass is 32.1. The van der Waals surface area contributed by atoms with Crippen molar-refractivity contribution in [2.24, 2.45) is 11.8 Å². The van der Waals surface area contributed by atoms with Crippen LogP contribution in [0.5, 0.6) is 0 Å². The Morgan fingerprint density at radius 2 is 1.70 bits per heavy atom. The van der Waals surface area contributed by atoms with Crippen molar-refractivity contribution in [3.8, 4) is 10.6 Å². The third-order valence-electron chi connectivity index (χ3n) is 5.00. The number of halogens is 1. The number of aryl methyl sites for hydroxylation is 1. The third kappa shape index (κ3) is 2.34. The number of benzene rings is 1. The molecule has 1 aromatic heterocycles. The highest BCUT2D eigenvalue weighted by Gasteiger charge is 2.48. The van der Waals surface area contributed by atoms with Crippen LogP contribution in [0.3, 0.4) is 0 Å². The van der Waals surface area contributed by atoms with E-state index in [2.05, 4.69) is 4.98 Å². The van der Waals surface area contributed by atoms with Crippen LogP contribution in [0.2, 0.25) is 0 Å². The van der Waals surface area contributed by atoms with Crippen LogP contribution in [0.25, 0.3) is 10.6 Å². The number of carbonyl (C=O) groups excluding carboxylic acids is 2. The van der Waals surface area contributed by atoms with Gasteiger partial charge in [-0.15, -0.1) is 11.3 Å². The zero-order chi connectivity index (χ0) is 16.1. The zero-order valence-electron chi connectivity index (χ0n) is 12.7. The van der Waals surface area contributed by atoms with Crippen molar-refractivity contribution >= 4 is 22.9 Å². The van der Waals surface area contributed by atoms with E-state index in [1.165, 1.54) is 23.5 Å². The van der Waals surface area contributed by atoms with Crippen molar-refractivity contribution in [3.05, 3.63) is 40.7 Å². The van der Waals surface area contributed by atoms with Crippen molar-refractivity contribution in [3.63, 3.8) is 0 Å². The number of hydrogen-bond acceptors (Lipinski definition) is 4. The first-order valence-corrected chi connectivity index (χ1v) is 8.67. The standard InChI is InChI=1S/C18H16FNO2S/c1-9-15(14-16(21)11-2-3-12(8-11)17(14)22)20-18(23-9)10-4-6-13(19)7-5-10/h4-7,11-12,14H,2-3,8H2,1H3/t11-,12+,14?. The Labute approximate surface area is 137 Å². The van der Waals surface area contributed by atoms with Crippen LogP contribution in [-0.2, 0) is 9.59 Å². The summed E-state index contributed by atoms with van der Waals surface area (Å²) in [6.45, 7) is 1.90. The van der Waals surface area contributed by atoms with Crippen LogP contribution in [0, 0.1) is 24.6 Å². The number of hydrogen-bond donors (Lipinski definition) is 0. The molecule has 3 atom stereocenters. The molecule has 23 heavy (non-hydrogen) atoms. The topological polar surface area (TPSA) is 47.0 Å². The monoisotopic (exact) mass is 329 g/mol. The zero-order valence-corrected chi connectivity index (χ0v) is 13.5. The molecule has 1 heterocycles. The molecule has 0 amide bonds. The van der Waals surface area contributed by atoms with Crippen LogP contribution in [-0.4, -0.2) is 16.6 Å². The Morgan fingerprint density at radius 3 is 2.30 bits per heavy atom. The van der Waals surface area contributed by atoms with E-state index in [0.717, 1.165) is 34.7 Å². The molecule has 0 saturated heterocycles. The highest BCUT2D eigenvalue weighted by Crippen LogP contribution is 2.45. The fraction of sp³-hybridized carbons (Fsp3) is 0.389. The Hall–Kier alpha value is -1.88. The molecule has 2 aliphatic rings. The molecule has 2 aromatic rings. The molecule has 1 unspecified atom stereocenters. The quantitative estimate of drug-likeness (QED) is 0.785. The minimum Gasteiger partial charge on any atom is -0.298 e.